The van der Waals surface area contributed by atoms with Crippen LogP contribution < -0.4 is 15.9 Å². The largest absolute Gasteiger partial charge is 0.479 e. The smallest absolute Gasteiger partial charge is 0.332 e. The van der Waals surface area contributed by atoms with Crippen molar-refractivity contribution in [3.8, 4) is 11.1 Å². The number of nitrogens with one attached hydrogen (secondary N) is 1. The first-order valence-corrected chi connectivity index (χ1v) is 13.9. The van der Waals surface area contributed by atoms with E-state index in [9.17, 15) is 24.6 Å². The molecule has 0 spiro atoms. The lowest BCUT2D eigenvalue weighted by molar-refractivity contribution is -0.160. The van der Waals surface area contributed by atoms with Crippen LogP contribution in [0.3, 0.4) is 0 Å². The molecule has 5 N–H and O–H groups in total. The molecule has 1 heterocycles. The Morgan fingerprint density at radius 2 is 1.79 bits per heavy atom. The first-order chi connectivity index (χ1) is 20.5. The molecule has 0 aliphatic heterocycles. The number of hydrogen-bond donors (Lipinski definition) is 4. The van der Waals surface area contributed by atoms with E-state index in [0.29, 0.717) is 16.1 Å². The fraction of sp³-hybridized carbons (Fsp3) is 0.300. The molecular weight excluding hydrogens is 578 g/mol. The Morgan fingerprint density at radius 3 is 2.47 bits per heavy atom. The molecule has 4 aromatic rings. The fourth-order valence-electron chi connectivity index (χ4n) is 4.26. The highest BCUT2D eigenvalue weighted by molar-refractivity contribution is 6.30. The molecule has 0 radical (unpaired) electrons. The summed E-state index contributed by atoms with van der Waals surface area (Å²) in [6, 6.07) is 18.0. The van der Waals surface area contributed by atoms with Crippen molar-refractivity contribution in [3.63, 3.8) is 0 Å². The van der Waals surface area contributed by atoms with Gasteiger partial charge in [0.05, 0.1) is 0 Å². The normalized spacial score (nSPS) is 13.3. The summed E-state index contributed by atoms with van der Waals surface area (Å²) in [4.78, 5) is 43.0. The van der Waals surface area contributed by atoms with Crippen LogP contribution in [0, 0.1) is 5.92 Å². The van der Waals surface area contributed by atoms with Crippen molar-refractivity contribution >= 4 is 40.5 Å². The van der Waals surface area contributed by atoms with E-state index in [4.69, 9.17) is 26.9 Å². The average Bonchev–Trinajstić information content (AvgIpc) is 3.39. The van der Waals surface area contributed by atoms with Gasteiger partial charge < -0.3 is 30.8 Å². The number of carboxylic acid groups (broad SMARTS) is 1. The topological polar surface area (TPSA) is 179 Å². The molecular formula is C30H32ClN5O7. The maximum absolute atomic E-state index is 13.3. The highest BCUT2D eigenvalue weighted by Gasteiger charge is 2.23. The van der Waals surface area contributed by atoms with Crippen LogP contribution in [0.2, 0.25) is 5.02 Å². The van der Waals surface area contributed by atoms with Gasteiger partial charge in [-0.1, -0.05) is 66.7 Å². The molecule has 226 valence electrons. The summed E-state index contributed by atoms with van der Waals surface area (Å²) in [5.74, 6) is -2.65. The molecule has 0 bridgehead atoms. The van der Waals surface area contributed by atoms with E-state index in [1.54, 1.807) is 26.0 Å². The SMILES string of the molecule is CC(C)C(N)C(=O)OCOn1nnc2ccc(C(=O)N[C@H](Cc3ccc(-c4cccc(Cl)c4)cc3)C[C@@H](O)C(=O)O)cc21. The van der Waals surface area contributed by atoms with Crippen molar-refractivity contribution in [2.24, 2.45) is 11.7 Å². The van der Waals surface area contributed by atoms with Crippen LogP contribution in [-0.2, 0) is 20.7 Å². The number of carboxylic acids is 1. The number of aliphatic carboxylic acids is 1. The highest BCUT2D eigenvalue weighted by atomic mass is 35.5. The van der Waals surface area contributed by atoms with Gasteiger partial charge in [-0.25, -0.2) is 4.79 Å². The Balaban J connectivity index is 1.46. The summed E-state index contributed by atoms with van der Waals surface area (Å²) < 4.78 is 5.04. The van der Waals surface area contributed by atoms with Crippen LogP contribution in [0.15, 0.2) is 66.7 Å². The lowest BCUT2D eigenvalue weighted by atomic mass is 9.97. The second kappa shape index (κ2) is 14.1. The van der Waals surface area contributed by atoms with E-state index in [1.807, 2.05) is 42.5 Å². The van der Waals surface area contributed by atoms with Gasteiger partial charge in [0.25, 0.3) is 12.7 Å². The summed E-state index contributed by atoms with van der Waals surface area (Å²) in [6.07, 6.45) is -1.63. The molecule has 43 heavy (non-hydrogen) atoms. The number of esters is 1. The zero-order valence-electron chi connectivity index (χ0n) is 23.5. The van der Waals surface area contributed by atoms with Crippen molar-refractivity contribution in [2.75, 3.05) is 6.79 Å². The standard InChI is InChI=1S/C30H32ClN5O7/c1-17(2)27(32)30(41)42-16-43-36-25-14-21(10-11-24(25)34-35-36)28(38)33-23(15-26(37)29(39)40)12-18-6-8-19(9-7-18)20-4-3-5-22(31)13-20/h3-11,13-14,17,23,26-27,37H,12,15-16,32H2,1-2H3,(H,33,38)(H,39,40)/t23-,26-,27?/m1/s1. The molecule has 3 aromatic carbocycles. The Kier molecular flexibility index (Phi) is 10.3. The van der Waals surface area contributed by atoms with Gasteiger partial charge >= 0.3 is 11.9 Å². The van der Waals surface area contributed by atoms with Crippen molar-refractivity contribution in [3.05, 3.63) is 82.9 Å². The first-order valence-electron chi connectivity index (χ1n) is 13.5. The van der Waals surface area contributed by atoms with Crippen LogP contribution in [-0.4, -0.2) is 68.2 Å². The molecule has 0 aliphatic rings. The molecule has 1 unspecified atom stereocenters. The van der Waals surface area contributed by atoms with Crippen molar-refractivity contribution in [1.29, 1.82) is 0 Å². The first kappa shape index (κ1) is 31.4. The number of carbonyl (C=O) groups is 3. The quantitative estimate of drug-likeness (QED) is 0.130. The van der Waals surface area contributed by atoms with Crippen molar-refractivity contribution in [1.82, 2.24) is 20.5 Å². The number of aliphatic hydroxyl groups is 1. The number of fused-ring (bicyclic) bond motifs is 1. The Hall–Kier alpha value is -4.52. The van der Waals surface area contributed by atoms with Gasteiger partial charge in [0.15, 0.2) is 6.10 Å². The molecule has 1 aromatic heterocycles. The van der Waals surface area contributed by atoms with E-state index in [-0.39, 0.29) is 24.3 Å². The van der Waals surface area contributed by atoms with Crippen LogP contribution in [0.1, 0.15) is 36.2 Å². The Labute approximate surface area is 252 Å². The number of hydrogen-bond acceptors (Lipinski definition) is 9. The second-order valence-electron chi connectivity index (χ2n) is 10.3. The zero-order chi connectivity index (χ0) is 31.1. The van der Waals surface area contributed by atoms with Gasteiger partial charge in [0, 0.05) is 23.0 Å². The lowest BCUT2D eigenvalue weighted by Crippen LogP contribution is -2.40. The van der Waals surface area contributed by atoms with Crippen LogP contribution in [0.4, 0.5) is 0 Å². The summed E-state index contributed by atoms with van der Waals surface area (Å²) in [6.45, 7) is 3.10. The number of nitrogens with two attached hydrogens (primary N) is 1. The molecule has 0 saturated heterocycles. The minimum Gasteiger partial charge on any atom is -0.479 e. The number of rotatable bonds is 13. The average molecular weight is 610 g/mol. The molecule has 13 heteroatoms. The number of ether oxygens (including phenoxy) is 1. The summed E-state index contributed by atoms with van der Waals surface area (Å²) in [5, 5.41) is 30.6. The number of aromatic nitrogens is 3. The van der Waals surface area contributed by atoms with Crippen LogP contribution >= 0.6 is 11.6 Å². The number of carbonyl (C=O) groups excluding carboxylic acids is 2. The van der Waals surface area contributed by atoms with Gasteiger partial charge in [-0.05, 0) is 64.6 Å². The molecule has 0 saturated carbocycles. The number of nitrogens with zero attached hydrogens (tertiary/aromatic N) is 3. The summed E-state index contributed by atoms with van der Waals surface area (Å²) >= 11 is 6.11. The van der Waals surface area contributed by atoms with Crippen molar-refractivity contribution < 1.29 is 34.2 Å². The van der Waals surface area contributed by atoms with E-state index >= 15 is 0 Å². The van der Waals surface area contributed by atoms with E-state index in [0.717, 1.165) is 21.5 Å². The number of benzene rings is 3. The third kappa shape index (κ3) is 8.28. The number of halogens is 1. The highest BCUT2D eigenvalue weighted by Crippen LogP contribution is 2.24. The minimum atomic E-state index is -1.68. The predicted octanol–water partition coefficient (Wildman–Crippen LogP) is 2.84. The zero-order valence-corrected chi connectivity index (χ0v) is 24.3. The lowest BCUT2D eigenvalue weighted by Gasteiger charge is -2.21. The third-order valence-electron chi connectivity index (χ3n) is 6.77. The Morgan fingerprint density at radius 1 is 1.05 bits per heavy atom. The second-order valence-corrected chi connectivity index (χ2v) is 10.8. The van der Waals surface area contributed by atoms with E-state index in [1.165, 1.54) is 12.1 Å². The monoisotopic (exact) mass is 609 g/mol. The summed E-state index contributed by atoms with van der Waals surface area (Å²) in [5.41, 5.74) is 9.44. The summed E-state index contributed by atoms with van der Waals surface area (Å²) in [7, 11) is 0. The fourth-order valence-corrected chi connectivity index (χ4v) is 4.45. The van der Waals surface area contributed by atoms with E-state index in [2.05, 4.69) is 15.6 Å². The van der Waals surface area contributed by atoms with Crippen molar-refractivity contribution in [2.45, 2.75) is 44.9 Å². The third-order valence-corrected chi connectivity index (χ3v) is 7.00. The molecule has 0 aliphatic carbocycles. The number of amides is 1. The van der Waals surface area contributed by atoms with Gasteiger partial charge in [0.1, 0.15) is 17.1 Å². The molecule has 12 nitrogen and oxygen atoms in total. The number of aliphatic hydroxyl groups excluding tert-OH is 1. The maximum Gasteiger partial charge on any atom is 0.332 e. The maximum atomic E-state index is 13.3. The van der Waals surface area contributed by atoms with E-state index < -0.39 is 42.8 Å². The van der Waals surface area contributed by atoms with Gasteiger partial charge in [0.2, 0.25) is 0 Å². The van der Waals surface area contributed by atoms with Gasteiger partial charge in [-0.15, -0.1) is 5.10 Å². The molecule has 1 amide bonds. The molecule has 0 fully saturated rings. The molecule has 3 atom stereocenters. The molecule has 4 rings (SSSR count). The van der Waals surface area contributed by atoms with Crippen LogP contribution in [0.5, 0.6) is 0 Å². The predicted molar refractivity (Wildman–Crippen MR) is 158 cm³/mol. The van der Waals surface area contributed by atoms with Gasteiger partial charge in [-0.2, -0.15) is 0 Å². The van der Waals surface area contributed by atoms with Gasteiger partial charge in [-0.3, -0.25) is 9.59 Å². The Bertz CT molecular complexity index is 1590. The van der Waals surface area contributed by atoms with Crippen LogP contribution in [0.25, 0.3) is 22.2 Å². The minimum absolute atomic E-state index is 0.116.